The Morgan fingerprint density at radius 3 is 3.14 bits per heavy atom. The summed E-state index contributed by atoms with van der Waals surface area (Å²) in [6, 6.07) is 2.02. The van der Waals surface area contributed by atoms with Gasteiger partial charge in [0.2, 0.25) is 0 Å². The number of aromatic nitrogens is 2. The van der Waals surface area contributed by atoms with Gasteiger partial charge in [0.1, 0.15) is 0 Å². The highest BCUT2D eigenvalue weighted by Crippen LogP contribution is 2.05. The van der Waals surface area contributed by atoms with E-state index in [4.69, 9.17) is 4.74 Å². The molecule has 2 heterocycles. The lowest BCUT2D eigenvalue weighted by Gasteiger charge is -2.29. The van der Waals surface area contributed by atoms with Crippen molar-refractivity contribution in [2.45, 2.75) is 19.6 Å². The molecule has 1 saturated heterocycles. The Kier molecular flexibility index (Phi) is 2.84. The lowest BCUT2D eigenvalue weighted by Crippen LogP contribution is -2.42. The maximum atomic E-state index is 5.66. The van der Waals surface area contributed by atoms with Crippen LogP contribution in [-0.2, 0) is 11.3 Å². The Labute approximate surface area is 84.5 Å². The normalized spacial score (nSPS) is 24.0. The molecule has 1 aromatic rings. The fourth-order valence-corrected chi connectivity index (χ4v) is 1.75. The summed E-state index contributed by atoms with van der Waals surface area (Å²) >= 11 is 0. The van der Waals surface area contributed by atoms with Gasteiger partial charge >= 0.3 is 0 Å². The lowest BCUT2D eigenvalue weighted by atomic mass is 10.3. The third-order valence-corrected chi connectivity index (χ3v) is 2.51. The van der Waals surface area contributed by atoms with Crippen molar-refractivity contribution in [2.75, 3.05) is 26.7 Å². The number of ether oxygens (including phenoxy) is 1. The molecule has 0 aromatic carbocycles. The molecular formula is C10H17N3O. The van der Waals surface area contributed by atoms with E-state index in [0.29, 0.717) is 0 Å². The van der Waals surface area contributed by atoms with E-state index in [-0.39, 0.29) is 6.10 Å². The standard InChI is InChI=1S/C10H17N3O/c1-9-3-4-13(11-9)8-10-7-12(2)5-6-14-10/h3-4,10H,5-8H2,1-2H3. The summed E-state index contributed by atoms with van der Waals surface area (Å²) in [6.07, 6.45) is 2.29. The largest absolute Gasteiger partial charge is 0.374 e. The molecule has 1 aliphatic rings. The van der Waals surface area contributed by atoms with Crippen molar-refractivity contribution < 1.29 is 4.74 Å². The van der Waals surface area contributed by atoms with E-state index in [1.54, 1.807) is 0 Å². The lowest BCUT2D eigenvalue weighted by molar-refractivity contribution is -0.0290. The number of hydrogen-bond donors (Lipinski definition) is 0. The van der Waals surface area contributed by atoms with Gasteiger partial charge in [0.05, 0.1) is 24.9 Å². The number of morpholine rings is 1. The Bertz CT molecular complexity index is 297. The number of aryl methyl sites for hydroxylation is 1. The van der Waals surface area contributed by atoms with Gasteiger partial charge in [-0.25, -0.2) is 0 Å². The Hall–Kier alpha value is -0.870. The van der Waals surface area contributed by atoms with Gasteiger partial charge in [0.15, 0.2) is 0 Å². The number of hydrogen-bond acceptors (Lipinski definition) is 3. The highest BCUT2D eigenvalue weighted by atomic mass is 16.5. The van der Waals surface area contributed by atoms with Gasteiger partial charge in [-0.1, -0.05) is 0 Å². The van der Waals surface area contributed by atoms with E-state index in [2.05, 4.69) is 17.0 Å². The molecule has 1 unspecified atom stereocenters. The molecule has 2 rings (SSSR count). The van der Waals surface area contributed by atoms with Gasteiger partial charge in [0.25, 0.3) is 0 Å². The van der Waals surface area contributed by atoms with Crippen LogP contribution in [0.5, 0.6) is 0 Å². The summed E-state index contributed by atoms with van der Waals surface area (Å²) in [4.78, 5) is 2.30. The molecule has 0 saturated carbocycles. The van der Waals surface area contributed by atoms with E-state index >= 15 is 0 Å². The SMILES string of the molecule is Cc1ccn(CC2CN(C)CCO2)n1. The van der Waals surface area contributed by atoms with E-state index in [0.717, 1.165) is 31.9 Å². The Morgan fingerprint density at radius 2 is 2.50 bits per heavy atom. The minimum absolute atomic E-state index is 0.285. The Balaban J connectivity index is 1.90. The van der Waals surface area contributed by atoms with Gasteiger partial charge in [-0.2, -0.15) is 5.10 Å². The second-order valence-corrected chi connectivity index (χ2v) is 3.93. The predicted octanol–water partition coefficient (Wildman–Crippen LogP) is 0.522. The van der Waals surface area contributed by atoms with Crippen LogP contribution in [0.25, 0.3) is 0 Å². The van der Waals surface area contributed by atoms with Gasteiger partial charge in [0, 0.05) is 19.3 Å². The molecule has 14 heavy (non-hydrogen) atoms. The highest BCUT2D eigenvalue weighted by molar-refractivity contribution is 4.95. The summed E-state index contributed by atoms with van der Waals surface area (Å²) in [5, 5.41) is 4.35. The van der Waals surface area contributed by atoms with Crippen LogP contribution in [0.15, 0.2) is 12.3 Å². The van der Waals surface area contributed by atoms with E-state index in [1.807, 2.05) is 23.9 Å². The molecule has 1 fully saturated rings. The van der Waals surface area contributed by atoms with Crippen molar-refractivity contribution in [2.24, 2.45) is 0 Å². The molecule has 0 bridgehead atoms. The van der Waals surface area contributed by atoms with Gasteiger partial charge < -0.3 is 9.64 Å². The van der Waals surface area contributed by atoms with E-state index < -0.39 is 0 Å². The Morgan fingerprint density at radius 1 is 1.64 bits per heavy atom. The summed E-state index contributed by atoms with van der Waals surface area (Å²) in [7, 11) is 2.13. The molecule has 0 N–H and O–H groups in total. The van der Waals surface area contributed by atoms with Crippen LogP contribution >= 0.6 is 0 Å². The van der Waals surface area contributed by atoms with Crippen molar-refractivity contribution in [3.05, 3.63) is 18.0 Å². The topological polar surface area (TPSA) is 30.3 Å². The summed E-state index contributed by atoms with van der Waals surface area (Å²) in [6.45, 7) is 5.73. The van der Waals surface area contributed by atoms with Crippen molar-refractivity contribution in [3.63, 3.8) is 0 Å². The first-order chi connectivity index (χ1) is 6.74. The molecule has 1 aromatic heterocycles. The second kappa shape index (κ2) is 4.11. The van der Waals surface area contributed by atoms with Gasteiger partial charge in [-0.15, -0.1) is 0 Å². The number of likely N-dealkylation sites (N-methyl/N-ethyl adjacent to an activating group) is 1. The van der Waals surface area contributed by atoms with Crippen molar-refractivity contribution >= 4 is 0 Å². The first kappa shape index (κ1) is 9.68. The predicted molar refractivity (Wildman–Crippen MR) is 54.2 cm³/mol. The molecule has 4 nitrogen and oxygen atoms in total. The molecular weight excluding hydrogens is 178 g/mol. The maximum Gasteiger partial charge on any atom is 0.0897 e. The van der Waals surface area contributed by atoms with Crippen LogP contribution in [0.3, 0.4) is 0 Å². The smallest absolute Gasteiger partial charge is 0.0897 e. The summed E-state index contributed by atoms with van der Waals surface area (Å²) in [5.74, 6) is 0. The van der Waals surface area contributed by atoms with Crippen molar-refractivity contribution in [1.82, 2.24) is 14.7 Å². The van der Waals surface area contributed by atoms with Crippen LogP contribution in [0.1, 0.15) is 5.69 Å². The average molecular weight is 195 g/mol. The maximum absolute atomic E-state index is 5.66. The van der Waals surface area contributed by atoms with Crippen LogP contribution in [0, 0.1) is 6.92 Å². The average Bonchev–Trinajstić information content (AvgIpc) is 2.51. The molecule has 78 valence electrons. The monoisotopic (exact) mass is 195 g/mol. The molecule has 1 aliphatic heterocycles. The zero-order chi connectivity index (χ0) is 9.97. The summed E-state index contributed by atoms with van der Waals surface area (Å²) in [5.41, 5.74) is 1.06. The molecule has 0 spiro atoms. The zero-order valence-corrected chi connectivity index (χ0v) is 8.81. The number of rotatable bonds is 2. The van der Waals surface area contributed by atoms with Crippen LogP contribution in [-0.4, -0.2) is 47.5 Å². The third-order valence-electron chi connectivity index (χ3n) is 2.51. The van der Waals surface area contributed by atoms with Crippen LogP contribution < -0.4 is 0 Å². The van der Waals surface area contributed by atoms with E-state index in [1.165, 1.54) is 0 Å². The molecule has 1 atom stereocenters. The minimum Gasteiger partial charge on any atom is -0.374 e. The minimum atomic E-state index is 0.285. The number of nitrogens with zero attached hydrogens (tertiary/aromatic N) is 3. The molecule has 0 amide bonds. The van der Waals surface area contributed by atoms with Crippen molar-refractivity contribution in [3.8, 4) is 0 Å². The first-order valence-electron chi connectivity index (χ1n) is 5.04. The van der Waals surface area contributed by atoms with E-state index in [9.17, 15) is 0 Å². The zero-order valence-electron chi connectivity index (χ0n) is 8.81. The first-order valence-corrected chi connectivity index (χ1v) is 5.04. The highest BCUT2D eigenvalue weighted by Gasteiger charge is 2.17. The molecule has 4 heteroatoms. The van der Waals surface area contributed by atoms with Crippen LogP contribution in [0.2, 0.25) is 0 Å². The van der Waals surface area contributed by atoms with Crippen molar-refractivity contribution in [1.29, 1.82) is 0 Å². The van der Waals surface area contributed by atoms with Gasteiger partial charge in [-0.05, 0) is 20.0 Å². The fourth-order valence-electron chi connectivity index (χ4n) is 1.75. The van der Waals surface area contributed by atoms with Gasteiger partial charge in [-0.3, -0.25) is 4.68 Å². The molecule has 0 aliphatic carbocycles. The van der Waals surface area contributed by atoms with Crippen LogP contribution in [0.4, 0.5) is 0 Å². The third kappa shape index (κ3) is 2.33. The summed E-state index contributed by atoms with van der Waals surface area (Å²) < 4.78 is 7.62. The molecule has 0 radical (unpaired) electrons. The second-order valence-electron chi connectivity index (χ2n) is 3.93. The quantitative estimate of drug-likeness (QED) is 0.689. The fraction of sp³-hybridized carbons (Fsp3) is 0.700.